The van der Waals surface area contributed by atoms with Crippen molar-refractivity contribution in [2.75, 3.05) is 18.4 Å². The highest BCUT2D eigenvalue weighted by Crippen LogP contribution is 2.38. The smallest absolute Gasteiger partial charge is 0.407 e. The molecule has 1 saturated carbocycles. The number of amides is 1. The van der Waals surface area contributed by atoms with E-state index in [1.165, 1.54) is 0 Å². The number of halogens is 4. The number of H-pyrrole nitrogens is 1. The molecule has 200 valence electrons. The Morgan fingerprint density at radius 3 is 2.81 bits per heavy atom. The van der Waals surface area contributed by atoms with Crippen LogP contribution in [-0.2, 0) is 11.3 Å². The minimum atomic E-state index is -4.17. The summed E-state index contributed by atoms with van der Waals surface area (Å²) in [6.45, 7) is 3.83. The second-order valence-electron chi connectivity index (χ2n) is 9.92. The number of hydrogen-bond acceptors (Lipinski definition) is 7. The van der Waals surface area contributed by atoms with Crippen molar-refractivity contribution in [2.45, 2.75) is 63.6 Å². The normalized spacial score (nSPS) is 22.9. The van der Waals surface area contributed by atoms with E-state index in [1.54, 1.807) is 47.7 Å². The molecule has 0 aromatic carbocycles. The Morgan fingerprint density at radius 1 is 1.30 bits per heavy atom. The number of ether oxygens (including phenoxy) is 1. The van der Waals surface area contributed by atoms with Crippen molar-refractivity contribution in [3.05, 3.63) is 35.9 Å². The van der Waals surface area contributed by atoms with Crippen molar-refractivity contribution in [3.63, 3.8) is 0 Å². The highest BCUT2D eigenvalue weighted by molar-refractivity contribution is 5.67. The number of fused-ring (bicyclic) bond motifs is 1. The molecule has 1 aliphatic carbocycles. The van der Waals surface area contributed by atoms with Gasteiger partial charge < -0.3 is 15.4 Å². The van der Waals surface area contributed by atoms with E-state index < -0.39 is 30.5 Å². The van der Waals surface area contributed by atoms with E-state index in [0.717, 1.165) is 0 Å². The summed E-state index contributed by atoms with van der Waals surface area (Å²) in [5, 5.41) is 12.9. The third-order valence-corrected chi connectivity index (χ3v) is 6.61. The number of aromatic nitrogens is 5. The quantitative estimate of drug-likeness (QED) is 0.402. The molecule has 5 rings (SSSR count). The Kier molecular flexibility index (Phi) is 6.68. The monoisotopic (exact) mass is 524 g/mol. The molecule has 0 radical (unpaired) electrons. The minimum absolute atomic E-state index is 0.0357. The summed E-state index contributed by atoms with van der Waals surface area (Å²) >= 11 is 0. The molecule has 3 aromatic heterocycles. The zero-order valence-electron chi connectivity index (χ0n) is 20.3. The van der Waals surface area contributed by atoms with Gasteiger partial charge in [-0.2, -0.15) is 18.3 Å². The molecule has 37 heavy (non-hydrogen) atoms. The summed E-state index contributed by atoms with van der Waals surface area (Å²) < 4.78 is 59.7. The standard InChI is InChI=1S/C23H28F4N8O2/c1-12(2)29-22(36)37-18-6-13(5-16(18)24)17-7-19(33-32-17)31-21-28-4-3-20-30-15(11-35(20)21)10-34-8-14(9-34)23(25,26)27/h3-4,7,11-14,16,18H,5-6,8-10H2,1-2H3,(H,29,36)(H2,28,31,32,33)/t13-,16+,18-/m0/s1. The van der Waals surface area contributed by atoms with Crippen LogP contribution < -0.4 is 10.6 Å². The van der Waals surface area contributed by atoms with Crippen LogP contribution in [0.2, 0.25) is 0 Å². The van der Waals surface area contributed by atoms with Crippen molar-refractivity contribution in [1.29, 1.82) is 0 Å². The lowest BCUT2D eigenvalue weighted by atomic mass is 10.00. The number of carbonyl (C=O) groups is 1. The minimum Gasteiger partial charge on any atom is -0.443 e. The molecule has 0 unspecified atom stereocenters. The van der Waals surface area contributed by atoms with Crippen LogP contribution in [0.15, 0.2) is 24.5 Å². The van der Waals surface area contributed by atoms with E-state index in [-0.39, 0.29) is 31.5 Å². The SMILES string of the molecule is CC(C)NC(=O)O[C@H]1C[C@@H](c2cc(Nc3nccc4nc(CN5CC(C(F)(F)F)C5)cn34)n[nH]2)C[C@H]1F. The topological polar surface area (TPSA) is 112 Å². The molecule has 10 nitrogen and oxygen atoms in total. The van der Waals surface area contributed by atoms with E-state index in [2.05, 4.69) is 30.8 Å². The van der Waals surface area contributed by atoms with Gasteiger partial charge in [0.2, 0.25) is 5.95 Å². The van der Waals surface area contributed by atoms with Crippen LogP contribution >= 0.6 is 0 Å². The van der Waals surface area contributed by atoms with Crippen LogP contribution in [0.3, 0.4) is 0 Å². The van der Waals surface area contributed by atoms with Crippen LogP contribution in [0.1, 0.15) is 44.0 Å². The highest BCUT2D eigenvalue weighted by atomic mass is 19.4. The Morgan fingerprint density at radius 2 is 2.08 bits per heavy atom. The van der Waals surface area contributed by atoms with Crippen molar-refractivity contribution in [1.82, 2.24) is 34.8 Å². The number of nitrogens with zero attached hydrogens (tertiary/aromatic N) is 5. The third kappa shape index (κ3) is 5.63. The summed E-state index contributed by atoms with van der Waals surface area (Å²) in [6, 6.07) is 3.35. The van der Waals surface area contributed by atoms with Crippen LogP contribution in [0.5, 0.6) is 0 Å². The van der Waals surface area contributed by atoms with Gasteiger partial charge in [-0.3, -0.25) is 14.4 Å². The van der Waals surface area contributed by atoms with Gasteiger partial charge in [0.05, 0.1) is 11.6 Å². The summed E-state index contributed by atoms with van der Waals surface area (Å²) in [7, 11) is 0. The number of aromatic amines is 1. The van der Waals surface area contributed by atoms with E-state index in [1.807, 2.05) is 0 Å². The molecule has 0 bridgehead atoms. The zero-order chi connectivity index (χ0) is 26.3. The van der Waals surface area contributed by atoms with E-state index in [4.69, 9.17) is 4.74 Å². The maximum absolute atomic E-state index is 14.5. The maximum atomic E-state index is 14.5. The summed E-state index contributed by atoms with van der Waals surface area (Å²) in [5.41, 5.74) is 1.93. The lowest BCUT2D eigenvalue weighted by molar-refractivity contribution is -0.210. The first-order chi connectivity index (χ1) is 17.5. The molecule has 1 amide bonds. The lowest BCUT2D eigenvalue weighted by Gasteiger charge is -2.39. The molecule has 3 atom stereocenters. The Labute approximate surface area is 209 Å². The maximum Gasteiger partial charge on any atom is 0.407 e. The number of imidazole rings is 1. The molecular weight excluding hydrogens is 496 g/mol. The fourth-order valence-electron chi connectivity index (χ4n) is 4.73. The predicted octanol–water partition coefficient (Wildman–Crippen LogP) is 3.91. The first kappa shape index (κ1) is 25.2. The second kappa shape index (κ2) is 9.80. The van der Waals surface area contributed by atoms with E-state index in [0.29, 0.717) is 41.8 Å². The molecule has 3 aromatic rings. The second-order valence-corrected chi connectivity index (χ2v) is 9.92. The molecule has 14 heteroatoms. The van der Waals surface area contributed by atoms with Gasteiger partial charge in [-0.25, -0.2) is 19.2 Å². The number of rotatable bonds is 7. The summed E-state index contributed by atoms with van der Waals surface area (Å²) in [6.07, 6.45) is -3.08. The number of nitrogens with one attached hydrogen (secondary N) is 3. The Bertz CT molecular complexity index is 1250. The van der Waals surface area contributed by atoms with E-state index >= 15 is 0 Å². The summed E-state index contributed by atoms with van der Waals surface area (Å²) in [5.74, 6) is -0.606. The van der Waals surface area contributed by atoms with Crippen LogP contribution in [0, 0.1) is 5.92 Å². The molecule has 1 aliphatic heterocycles. The van der Waals surface area contributed by atoms with Crippen molar-refractivity contribution in [3.8, 4) is 0 Å². The lowest BCUT2D eigenvalue weighted by Crippen LogP contribution is -2.52. The molecule has 1 saturated heterocycles. The molecular formula is C23H28F4N8O2. The van der Waals surface area contributed by atoms with Crippen molar-refractivity contribution in [2.24, 2.45) is 5.92 Å². The first-order valence-corrected chi connectivity index (χ1v) is 12.1. The van der Waals surface area contributed by atoms with Crippen molar-refractivity contribution < 1.29 is 27.1 Å². The fraction of sp³-hybridized carbons (Fsp3) is 0.565. The number of anilines is 2. The fourth-order valence-corrected chi connectivity index (χ4v) is 4.73. The van der Waals surface area contributed by atoms with Crippen LogP contribution in [0.4, 0.5) is 34.1 Å². The highest BCUT2D eigenvalue weighted by Gasteiger charge is 2.47. The van der Waals surface area contributed by atoms with Gasteiger partial charge in [0.25, 0.3) is 0 Å². The van der Waals surface area contributed by atoms with E-state index in [9.17, 15) is 22.4 Å². The van der Waals surface area contributed by atoms with Gasteiger partial charge in [-0.05, 0) is 32.8 Å². The number of hydrogen-bond donors (Lipinski definition) is 3. The average Bonchev–Trinajstić information content (AvgIpc) is 3.48. The number of alkyl carbamates (subject to hydrolysis) is 1. The Balaban J connectivity index is 1.21. The average molecular weight is 525 g/mol. The van der Waals surface area contributed by atoms with Gasteiger partial charge in [0, 0.05) is 55.7 Å². The first-order valence-electron chi connectivity index (χ1n) is 12.1. The van der Waals surface area contributed by atoms with Crippen LogP contribution in [0.25, 0.3) is 5.65 Å². The van der Waals surface area contributed by atoms with Gasteiger partial charge >= 0.3 is 12.3 Å². The number of alkyl halides is 4. The Hall–Kier alpha value is -3.42. The zero-order valence-corrected chi connectivity index (χ0v) is 20.3. The van der Waals surface area contributed by atoms with Crippen LogP contribution in [-0.4, -0.2) is 73.1 Å². The number of carbonyl (C=O) groups excluding carboxylic acids is 1. The van der Waals surface area contributed by atoms with Gasteiger partial charge in [-0.15, -0.1) is 0 Å². The predicted molar refractivity (Wildman–Crippen MR) is 125 cm³/mol. The molecule has 2 fully saturated rings. The molecule has 2 aliphatic rings. The molecule has 4 heterocycles. The summed E-state index contributed by atoms with van der Waals surface area (Å²) in [4.78, 5) is 22.4. The molecule has 0 spiro atoms. The largest absolute Gasteiger partial charge is 0.443 e. The van der Waals surface area contributed by atoms with Crippen molar-refractivity contribution >= 4 is 23.5 Å². The number of likely N-dealkylation sites (tertiary alicyclic amines) is 1. The molecule has 3 N–H and O–H groups in total. The van der Waals surface area contributed by atoms with Gasteiger partial charge in [0.15, 0.2) is 5.82 Å². The van der Waals surface area contributed by atoms with Gasteiger partial charge in [0.1, 0.15) is 17.9 Å². The third-order valence-electron chi connectivity index (χ3n) is 6.61. The van der Waals surface area contributed by atoms with Gasteiger partial charge in [-0.1, -0.05) is 0 Å².